The lowest BCUT2D eigenvalue weighted by Gasteiger charge is -2.38. The average Bonchev–Trinajstić information content (AvgIpc) is 2.73. The highest BCUT2D eigenvalue weighted by molar-refractivity contribution is 8.00. The summed E-state index contributed by atoms with van der Waals surface area (Å²) in [5, 5.41) is 0. The van der Waals surface area contributed by atoms with Gasteiger partial charge in [0.15, 0.2) is 0 Å². The zero-order valence-electron chi connectivity index (χ0n) is 16.9. The predicted molar refractivity (Wildman–Crippen MR) is 115 cm³/mol. The van der Waals surface area contributed by atoms with Crippen LogP contribution in [0.25, 0.3) is 0 Å². The van der Waals surface area contributed by atoms with E-state index in [1.165, 1.54) is 5.56 Å². The maximum atomic E-state index is 13.1. The van der Waals surface area contributed by atoms with Gasteiger partial charge in [-0.05, 0) is 38.0 Å². The fourth-order valence-electron chi connectivity index (χ4n) is 3.48. The van der Waals surface area contributed by atoms with E-state index in [0.717, 1.165) is 10.5 Å². The van der Waals surface area contributed by atoms with Crippen molar-refractivity contribution in [2.45, 2.75) is 31.1 Å². The van der Waals surface area contributed by atoms with Crippen LogP contribution in [-0.2, 0) is 15.0 Å². The minimum atomic E-state index is -0.561. The van der Waals surface area contributed by atoms with Gasteiger partial charge in [-0.1, -0.05) is 48.5 Å². The lowest BCUT2D eigenvalue weighted by molar-refractivity contribution is -0.141. The molecule has 1 aliphatic heterocycles. The molecule has 0 aliphatic carbocycles. The van der Waals surface area contributed by atoms with Crippen LogP contribution < -0.4 is 0 Å². The van der Waals surface area contributed by atoms with Crippen molar-refractivity contribution >= 4 is 23.6 Å². The zero-order valence-corrected chi connectivity index (χ0v) is 17.7. The summed E-state index contributed by atoms with van der Waals surface area (Å²) in [6.07, 6.45) is 0. The maximum Gasteiger partial charge on any atom is 0.233 e. The van der Waals surface area contributed by atoms with E-state index in [-0.39, 0.29) is 11.8 Å². The molecule has 2 aromatic carbocycles. The van der Waals surface area contributed by atoms with Gasteiger partial charge in [-0.2, -0.15) is 0 Å². The number of thioether (sulfide) groups is 1. The minimum Gasteiger partial charge on any atom is -0.338 e. The molecule has 4 nitrogen and oxygen atoms in total. The van der Waals surface area contributed by atoms with E-state index in [2.05, 4.69) is 19.1 Å². The van der Waals surface area contributed by atoms with Crippen LogP contribution in [0.2, 0.25) is 0 Å². The fourth-order valence-corrected chi connectivity index (χ4v) is 4.41. The summed E-state index contributed by atoms with van der Waals surface area (Å²) in [6.45, 7) is 8.40. The molecule has 0 unspecified atom stereocenters. The molecule has 5 heteroatoms. The molecular weight excluding hydrogens is 368 g/mol. The van der Waals surface area contributed by atoms with E-state index in [4.69, 9.17) is 0 Å². The van der Waals surface area contributed by atoms with Gasteiger partial charge in [0.05, 0.1) is 11.2 Å². The molecule has 0 aromatic heterocycles. The van der Waals surface area contributed by atoms with Gasteiger partial charge in [-0.3, -0.25) is 9.59 Å². The number of hydrogen-bond acceptors (Lipinski definition) is 3. The third-order valence-corrected chi connectivity index (χ3v) is 6.55. The zero-order chi connectivity index (χ0) is 20.1. The predicted octanol–water partition coefficient (Wildman–Crippen LogP) is 3.74. The van der Waals surface area contributed by atoms with E-state index in [0.29, 0.717) is 31.9 Å². The Morgan fingerprint density at radius 3 is 2.11 bits per heavy atom. The van der Waals surface area contributed by atoms with Crippen LogP contribution in [0.15, 0.2) is 59.5 Å². The Morgan fingerprint density at radius 2 is 1.46 bits per heavy atom. The molecule has 1 heterocycles. The first kappa shape index (κ1) is 20.5. The molecule has 0 N–H and O–H groups in total. The number of hydrogen-bond donors (Lipinski definition) is 0. The van der Waals surface area contributed by atoms with Gasteiger partial charge in [0.1, 0.15) is 0 Å². The minimum absolute atomic E-state index is 0.125. The second-order valence-electron chi connectivity index (χ2n) is 7.72. The number of nitrogens with zero attached hydrogens (tertiary/aromatic N) is 2. The molecule has 0 saturated carbocycles. The topological polar surface area (TPSA) is 40.6 Å². The smallest absolute Gasteiger partial charge is 0.233 e. The van der Waals surface area contributed by atoms with Crippen LogP contribution in [0.4, 0.5) is 0 Å². The number of amides is 2. The quantitative estimate of drug-likeness (QED) is 0.723. The number of carbonyl (C=O) groups excluding carboxylic acids is 2. The van der Waals surface area contributed by atoms with E-state index >= 15 is 0 Å². The largest absolute Gasteiger partial charge is 0.338 e. The number of piperazine rings is 1. The normalized spacial score (nSPS) is 14.8. The standard InChI is InChI=1S/C23H28N2O2S/c1-18-9-7-8-12-20(18)28-17-21(26)24-13-15-25(16-14-24)22(27)23(2,3)19-10-5-4-6-11-19/h4-12H,13-17H2,1-3H3. The number of rotatable bonds is 5. The summed E-state index contributed by atoms with van der Waals surface area (Å²) in [4.78, 5) is 30.6. The summed E-state index contributed by atoms with van der Waals surface area (Å²) >= 11 is 1.59. The van der Waals surface area contributed by atoms with E-state index in [9.17, 15) is 9.59 Å². The Morgan fingerprint density at radius 1 is 0.893 bits per heavy atom. The van der Waals surface area contributed by atoms with Crippen molar-refractivity contribution in [3.05, 3.63) is 65.7 Å². The summed E-state index contributed by atoms with van der Waals surface area (Å²) in [5.74, 6) is 0.705. The SMILES string of the molecule is Cc1ccccc1SCC(=O)N1CCN(C(=O)C(C)(C)c2ccccc2)CC1. The van der Waals surface area contributed by atoms with E-state index < -0.39 is 5.41 Å². The van der Waals surface area contributed by atoms with Gasteiger partial charge in [0.2, 0.25) is 11.8 Å². The highest BCUT2D eigenvalue weighted by Gasteiger charge is 2.35. The highest BCUT2D eigenvalue weighted by Crippen LogP contribution is 2.26. The molecule has 0 atom stereocenters. The van der Waals surface area contributed by atoms with Crippen molar-refractivity contribution in [1.29, 1.82) is 0 Å². The molecule has 1 aliphatic rings. The van der Waals surface area contributed by atoms with Gasteiger partial charge in [-0.15, -0.1) is 11.8 Å². The Kier molecular flexibility index (Phi) is 6.45. The monoisotopic (exact) mass is 396 g/mol. The van der Waals surface area contributed by atoms with Gasteiger partial charge in [0, 0.05) is 31.1 Å². The highest BCUT2D eigenvalue weighted by atomic mass is 32.2. The second-order valence-corrected chi connectivity index (χ2v) is 8.74. The Hall–Kier alpha value is -2.27. The number of aryl methyl sites for hydroxylation is 1. The van der Waals surface area contributed by atoms with Gasteiger partial charge in [-0.25, -0.2) is 0 Å². The van der Waals surface area contributed by atoms with Crippen molar-refractivity contribution < 1.29 is 9.59 Å². The van der Waals surface area contributed by atoms with Crippen molar-refractivity contribution in [3.8, 4) is 0 Å². The first-order valence-electron chi connectivity index (χ1n) is 9.70. The van der Waals surface area contributed by atoms with Crippen LogP contribution in [0, 0.1) is 6.92 Å². The molecule has 2 aromatic rings. The lowest BCUT2D eigenvalue weighted by atomic mass is 9.83. The van der Waals surface area contributed by atoms with E-state index in [1.807, 2.05) is 66.1 Å². The van der Waals surface area contributed by atoms with Crippen LogP contribution in [0.3, 0.4) is 0 Å². The molecule has 148 valence electrons. The summed E-state index contributed by atoms with van der Waals surface area (Å²) in [6, 6.07) is 18.0. The Labute approximate surface area is 171 Å². The first-order chi connectivity index (χ1) is 13.4. The Balaban J connectivity index is 1.53. The third-order valence-electron chi connectivity index (χ3n) is 5.39. The molecular formula is C23H28N2O2S. The first-order valence-corrected chi connectivity index (χ1v) is 10.7. The fraction of sp³-hybridized carbons (Fsp3) is 0.391. The summed E-state index contributed by atoms with van der Waals surface area (Å²) < 4.78 is 0. The van der Waals surface area contributed by atoms with Crippen molar-refractivity contribution in [3.63, 3.8) is 0 Å². The molecule has 0 spiro atoms. The molecule has 0 bridgehead atoms. The third kappa shape index (κ3) is 4.58. The molecule has 0 radical (unpaired) electrons. The molecule has 28 heavy (non-hydrogen) atoms. The number of benzene rings is 2. The Bertz CT molecular complexity index is 828. The van der Waals surface area contributed by atoms with Crippen LogP contribution in [0.5, 0.6) is 0 Å². The van der Waals surface area contributed by atoms with Crippen molar-refractivity contribution in [2.75, 3.05) is 31.9 Å². The maximum absolute atomic E-state index is 13.1. The summed E-state index contributed by atoms with van der Waals surface area (Å²) in [7, 11) is 0. The second kappa shape index (κ2) is 8.82. The lowest BCUT2D eigenvalue weighted by Crippen LogP contribution is -2.54. The van der Waals surface area contributed by atoms with Crippen LogP contribution in [-0.4, -0.2) is 53.5 Å². The van der Waals surface area contributed by atoms with Crippen LogP contribution >= 0.6 is 11.8 Å². The molecule has 3 rings (SSSR count). The average molecular weight is 397 g/mol. The molecule has 1 fully saturated rings. The molecule has 2 amide bonds. The van der Waals surface area contributed by atoms with Gasteiger partial charge >= 0.3 is 0 Å². The summed E-state index contributed by atoms with van der Waals surface area (Å²) in [5.41, 5.74) is 1.65. The van der Waals surface area contributed by atoms with Crippen LogP contribution in [0.1, 0.15) is 25.0 Å². The van der Waals surface area contributed by atoms with Crippen molar-refractivity contribution in [1.82, 2.24) is 9.80 Å². The van der Waals surface area contributed by atoms with Crippen molar-refractivity contribution in [2.24, 2.45) is 0 Å². The van der Waals surface area contributed by atoms with E-state index in [1.54, 1.807) is 11.8 Å². The van der Waals surface area contributed by atoms with Gasteiger partial charge < -0.3 is 9.80 Å². The molecule has 1 saturated heterocycles. The van der Waals surface area contributed by atoms with Gasteiger partial charge in [0.25, 0.3) is 0 Å². The number of carbonyl (C=O) groups is 2.